The molecule has 1 aliphatic heterocycles. The zero-order valence-corrected chi connectivity index (χ0v) is 18.8. The van der Waals surface area contributed by atoms with Gasteiger partial charge in [-0.1, -0.05) is 25.6 Å². The highest BCUT2D eigenvalue weighted by atomic mass is 32.2. The van der Waals surface area contributed by atoms with E-state index in [2.05, 4.69) is 24.0 Å². The first kappa shape index (κ1) is 19.6. The third-order valence-electron chi connectivity index (χ3n) is 5.60. The van der Waals surface area contributed by atoms with E-state index in [0.29, 0.717) is 18.3 Å². The van der Waals surface area contributed by atoms with Crippen molar-refractivity contribution >= 4 is 39.1 Å². The summed E-state index contributed by atoms with van der Waals surface area (Å²) >= 11 is 3.13. The lowest BCUT2D eigenvalue weighted by Crippen LogP contribution is -2.28. The van der Waals surface area contributed by atoms with E-state index in [-0.39, 0.29) is 11.7 Å². The molecule has 1 atom stereocenters. The van der Waals surface area contributed by atoms with Crippen molar-refractivity contribution in [3.05, 3.63) is 45.1 Å². The number of aromatic nitrogens is 4. The molecule has 1 aromatic carbocycles. The Morgan fingerprint density at radius 3 is 2.70 bits per heavy atom. The fourth-order valence-electron chi connectivity index (χ4n) is 3.96. The molecule has 156 valence electrons. The molecule has 0 unspecified atom stereocenters. The molecule has 4 heterocycles. The molecular formula is C21H22N4O3S2. The lowest BCUT2D eigenvalue weighted by Gasteiger charge is -2.26. The summed E-state index contributed by atoms with van der Waals surface area (Å²) in [5, 5.41) is 10.2. The summed E-state index contributed by atoms with van der Waals surface area (Å²) in [5.74, 6) is 1.64. The largest absolute Gasteiger partial charge is 0.497 e. The molecule has 0 bridgehead atoms. The predicted molar refractivity (Wildman–Crippen MR) is 119 cm³/mol. The normalized spacial score (nSPS) is 16.5. The molecule has 9 heteroatoms. The van der Waals surface area contributed by atoms with Gasteiger partial charge in [0.15, 0.2) is 5.16 Å². The molecule has 0 saturated heterocycles. The van der Waals surface area contributed by atoms with E-state index in [9.17, 15) is 4.79 Å². The average molecular weight is 443 g/mol. The van der Waals surface area contributed by atoms with Crippen molar-refractivity contribution in [2.75, 3.05) is 13.4 Å². The summed E-state index contributed by atoms with van der Waals surface area (Å²) in [6, 6.07) is 7.44. The van der Waals surface area contributed by atoms with Crippen molar-refractivity contribution in [2.24, 2.45) is 5.92 Å². The van der Waals surface area contributed by atoms with E-state index in [1.807, 2.05) is 34.9 Å². The van der Waals surface area contributed by atoms with Crippen molar-refractivity contribution in [3.8, 4) is 11.4 Å². The minimum Gasteiger partial charge on any atom is -0.497 e. The SMILES string of the molecule is COc1ccc(-n2c(=O)c3c4c(sc3n3c(SC)nnc23)CO[C@H](C(C)C)C4)cc1. The number of ether oxygens (including phenoxy) is 2. The third-order valence-corrected chi connectivity index (χ3v) is 7.42. The number of nitrogens with zero attached hydrogens (tertiary/aromatic N) is 4. The van der Waals surface area contributed by atoms with Crippen LogP contribution in [0.15, 0.2) is 34.2 Å². The van der Waals surface area contributed by atoms with Gasteiger partial charge in [0.05, 0.1) is 30.9 Å². The van der Waals surface area contributed by atoms with Crippen LogP contribution >= 0.6 is 23.1 Å². The maximum absolute atomic E-state index is 13.8. The van der Waals surface area contributed by atoms with Gasteiger partial charge in [0.25, 0.3) is 5.56 Å². The van der Waals surface area contributed by atoms with Gasteiger partial charge in [-0.3, -0.25) is 4.79 Å². The molecular weight excluding hydrogens is 420 g/mol. The zero-order valence-electron chi connectivity index (χ0n) is 17.2. The first-order chi connectivity index (χ1) is 14.5. The highest BCUT2D eigenvalue weighted by Crippen LogP contribution is 2.37. The van der Waals surface area contributed by atoms with Crippen LogP contribution in [-0.4, -0.2) is 38.6 Å². The van der Waals surface area contributed by atoms with Crippen LogP contribution in [0.25, 0.3) is 21.7 Å². The second kappa shape index (κ2) is 7.40. The van der Waals surface area contributed by atoms with Gasteiger partial charge in [-0.15, -0.1) is 21.5 Å². The lowest BCUT2D eigenvalue weighted by atomic mass is 9.96. The molecule has 0 spiro atoms. The Kier molecular flexibility index (Phi) is 4.83. The fraction of sp³-hybridized carbons (Fsp3) is 0.381. The topological polar surface area (TPSA) is 70.7 Å². The molecule has 0 aliphatic carbocycles. The van der Waals surface area contributed by atoms with Crippen LogP contribution in [0.2, 0.25) is 0 Å². The van der Waals surface area contributed by atoms with Gasteiger partial charge in [-0.25, -0.2) is 8.97 Å². The summed E-state index contributed by atoms with van der Waals surface area (Å²) in [5.41, 5.74) is 1.78. The summed E-state index contributed by atoms with van der Waals surface area (Å²) in [7, 11) is 1.62. The standard InChI is InChI=1S/C21H22N4O3S2/c1-11(2)15-9-14-16(10-28-15)30-19-17(14)18(26)24(12-5-7-13(27-3)8-6-12)20-22-23-21(29-4)25(19)20/h5-8,11,15H,9-10H2,1-4H3/t15-/m0/s1. The maximum Gasteiger partial charge on any atom is 0.268 e. The van der Waals surface area contributed by atoms with E-state index in [1.54, 1.807) is 23.0 Å². The van der Waals surface area contributed by atoms with Gasteiger partial charge in [0.2, 0.25) is 5.78 Å². The molecule has 0 saturated carbocycles. The summed E-state index contributed by atoms with van der Waals surface area (Å²) in [6.45, 7) is 4.85. The molecule has 0 radical (unpaired) electrons. The van der Waals surface area contributed by atoms with E-state index >= 15 is 0 Å². The molecule has 5 rings (SSSR count). The third kappa shape index (κ3) is 2.87. The van der Waals surface area contributed by atoms with Crippen LogP contribution in [0, 0.1) is 5.92 Å². The number of methoxy groups -OCH3 is 1. The minimum atomic E-state index is -0.0652. The van der Waals surface area contributed by atoms with Crippen molar-refractivity contribution in [3.63, 3.8) is 0 Å². The molecule has 7 nitrogen and oxygen atoms in total. The highest BCUT2D eigenvalue weighted by Gasteiger charge is 2.30. The molecule has 0 N–H and O–H groups in total. The van der Waals surface area contributed by atoms with Crippen molar-refractivity contribution < 1.29 is 9.47 Å². The van der Waals surface area contributed by atoms with Gasteiger partial charge in [-0.05, 0) is 42.0 Å². The summed E-state index contributed by atoms with van der Waals surface area (Å²) < 4.78 is 15.0. The Labute approximate surface area is 181 Å². The molecule has 3 aromatic heterocycles. The zero-order chi connectivity index (χ0) is 21.0. The van der Waals surface area contributed by atoms with Crippen LogP contribution in [0.4, 0.5) is 0 Å². The van der Waals surface area contributed by atoms with Gasteiger partial charge in [0, 0.05) is 11.3 Å². The predicted octanol–water partition coefficient (Wildman–Crippen LogP) is 3.92. The number of fused-ring (bicyclic) bond motifs is 5. The highest BCUT2D eigenvalue weighted by molar-refractivity contribution is 7.98. The Balaban J connectivity index is 1.85. The Hall–Kier alpha value is -2.36. The van der Waals surface area contributed by atoms with E-state index in [1.165, 1.54) is 11.8 Å². The Morgan fingerprint density at radius 1 is 1.27 bits per heavy atom. The first-order valence-electron chi connectivity index (χ1n) is 9.78. The minimum absolute atomic E-state index is 0.0652. The fourth-order valence-corrected chi connectivity index (χ4v) is 5.74. The van der Waals surface area contributed by atoms with E-state index < -0.39 is 0 Å². The number of rotatable bonds is 4. The molecule has 0 fully saturated rings. The van der Waals surface area contributed by atoms with Crippen LogP contribution in [0.3, 0.4) is 0 Å². The van der Waals surface area contributed by atoms with Crippen molar-refractivity contribution in [1.82, 2.24) is 19.2 Å². The molecule has 30 heavy (non-hydrogen) atoms. The summed E-state index contributed by atoms with van der Waals surface area (Å²) in [4.78, 5) is 15.8. The second-order valence-electron chi connectivity index (χ2n) is 7.64. The maximum atomic E-state index is 13.8. The number of hydrogen-bond acceptors (Lipinski definition) is 7. The van der Waals surface area contributed by atoms with Crippen LogP contribution in [-0.2, 0) is 17.8 Å². The first-order valence-corrected chi connectivity index (χ1v) is 11.8. The van der Waals surface area contributed by atoms with Crippen LogP contribution in [0.5, 0.6) is 5.75 Å². The number of hydrogen-bond donors (Lipinski definition) is 0. The van der Waals surface area contributed by atoms with Gasteiger partial charge in [0.1, 0.15) is 10.6 Å². The van der Waals surface area contributed by atoms with Gasteiger partial charge < -0.3 is 9.47 Å². The van der Waals surface area contributed by atoms with E-state index in [0.717, 1.165) is 43.7 Å². The van der Waals surface area contributed by atoms with Crippen molar-refractivity contribution in [1.29, 1.82) is 0 Å². The second-order valence-corrected chi connectivity index (χ2v) is 9.50. The monoisotopic (exact) mass is 442 g/mol. The quantitative estimate of drug-likeness (QED) is 0.446. The number of thiophene rings is 1. The average Bonchev–Trinajstić information content (AvgIpc) is 3.35. The van der Waals surface area contributed by atoms with E-state index in [4.69, 9.17) is 9.47 Å². The lowest BCUT2D eigenvalue weighted by molar-refractivity contribution is 0.00200. The van der Waals surface area contributed by atoms with Gasteiger partial charge >= 0.3 is 0 Å². The van der Waals surface area contributed by atoms with Crippen molar-refractivity contribution in [2.45, 2.75) is 38.1 Å². The molecule has 0 amide bonds. The van der Waals surface area contributed by atoms with Gasteiger partial charge in [-0.2, -0.15) is 0 Å². The smallest absolute Gasteiger partial charge is 0.268 e. The summed E-state index contributed by atoms with van der Waals surface area (Å²) in [6.07, 6.45) is 2.82. The van der Waals surface area contributed by atoms with Crippen LogP contribution in [0.1, 0.15) is 24.3 Å². The molecule has 4 aromatic rings. The Morgan fingerprint density at radius 2 is 2.03 bits per heavy atom. The number of benzene rings is 1. The van der Waals surface area contributed by atoms with Crippen LogP contribution < -0.4 is 10.3 Å². The Bertz CT molecular complexity index is 1300. The number of thioether (sulfide) groups is 1. The molecule has 1 aliphatic rings.